The Balaban J connectivity index is 1.91. The largest absolute Gasteiger partial charge is 0.389 e. The molecule has 5 nitrogen and oxygen atoms in total. The fourth-order valence-corrected chi connectivity index (χ4v) is 1.68. The van der Waals surface area contributed by atoms with E-state index in [1.165, 1.54) is 0 Å². The third-order valence-electron chi connectivity index (χ3n) is 2.52. The van der Waals surface area contributed by atoms with Crippen molar-refractivity contribution in [1.29, 1.82) is 0 Å². The number of hydrogen-bond donors (Lipinski definition) is 2. The molecule has 1 fully saturated rings. The third kappa shape index (κ3) is 3.25. The molecule has 0 saturated carbocycles. The molecule has 3 N–H and O–H groups in total. The van der Waals surface area contributed by atoms with Crippen LogP contribution in [0.3, 0.4) is 0 Å². The highest BCUT2D eigenvalue weighted by atomic mass is 32.1. The molecule has 1 aliphatic rings. The molecule has 96 valence electrons. The van der Waals surface area contributed by atoms with Crippen LogP contribution < -0.4 is 11.1 Å². The average Bonchev–Trinajstić information content (AvgIpc) is 2.27. The van der Waals surface area contributed by atoms with Gasteiger partial charge in [-0.25, -0.2) is 0 Å². The number of nitrogens with two attached hydrogens (primary N) is 1. The van der Waals surface area contributed by atoms with Gasteiger partial charge in [-0.05, 0) is 12.1 Å². The SMILES string of the molecule is NC(=S)c1ccccc1NC(=O)COC1COC1. The van der Waals surface area contributed by atoms with Gasteiger partial charge >= 0.3 is 0 Å². The van der Waals surface area contributed by atoms with E-state index in [4.69, 9.17) is 27.4 Å². The Labute approximate surface area is 110 Å². The first-order chi connectivity index (χ1) is 8.66. The maximum atomic E-state index is 11.7. The number of thiocarbonyl (C=S) groups is 1. The van der Waals surface area contributed by atoms with Gasteiger partial charge in [0.25, 0.3) is 0 Å². The van der Waals surface area contributed by atoms with Gasteiger partial charge in [0, 0.05) is 5.56 Å². The maximum Gasteiger partial charge on any atom is 0.250 e. The molecule has 2 rings (SSSR count). The molecule has 0 aromatic heterocycles. The Morgan fingerprint density at radius 2 is 2.22 bits per heavy atom. The second-order valence-corrected chi connectivity index (χ2v) is 4.37. The first kappa shape index (κ1) is 12.9. The molecule has 1 heterocycles. The lowest BCUT2D eigenvalue weighted by Gasteiger charge is -2.25. The van der Waals surface area contributed by atoms with Crippen LogP contribution in [-0.4, -0.2) is 36.8 Å². The summed E-state index contributed by atoms with van der Waals surface area (Å²) in [6, 6.07) is 7.13. The van der Waals surface area contributed by atoms with Gasteiger partial charge in [-0.15, -0.1) is 0 Å². The van der Waals surface area contributed by atoms with E-state index in [0.29, 0.717) is 24.5 Å². The van der Waals surface area contributed by atoms with Crippen LogP contribution in [0.25, 0.3) is 0 Å². The van der Waals surface area contributed by atoms with E-state index in [2.05, 4.69) is 5.32 Å². The number of hydrogen-bond acceptors (Lipinski definition) is 4. The molecule has 1 aromatic rings. The minimum absolute atomic E-state index is 0.000303. The zero-order valence-corrected chi connectivity index (χ0v) is 10.5. The van der Waals surface area contributed by atoms with Gasteiger partial charge in [0.15, 0.2) is 0 Å². The molecule has 0 atom stereocenters. The van der Waals surface area contributed by atoms with Crippen molar-refractivity contribution in [3.05, 3.63) is 29.8 Å². The summed E-state index contributed by atoms with van der Waals surface area (Å²) in [6.07, 6.45) is 0.0292. The normalized spacial score (nSPS) is 14.9. The molecular weight excluding hydrogens is 252 g/mol. The monoisotopic (exact) mass is 266 g/mol. The quantitative estimate of drug-likeness (QED) is 0.766. The molecule has 0 aliphatic carbocycles. The summed E-state index contributed by atoms with van der Waals surface area (Å²) in [7, 11) is 0. The fraction of sp³-hybridized carbons (Fsp3) is 0.333. The minimum Gasteiger partial charge on any atom is -0.389 e. The highest BCUT2D eigenvalue weighted by Crippen LogP contribution is 2.14. The molecule has 0 radical (unpaired) electrons. The molecule has 1 aromatic carbocycles. The van der Waals surface area contributed by atoms with E-state index < -0.39 is 0 Å². The zero-order chi connectivity index (χ0) is 13.0. The molecule has 1 saturated heterocycles. The van der Waals surface area contributed by atoms with Crippen molar-refractivity contribution in [2.75, 3.05) is 25.1 Å². The lowest BCUT2D eigenvalue weighted by molar-refractivity contribution is -0.144. The predicted molar refractivity (Wildman–Crippen MR) is 71.5 cm³/mol. The Morgan fingerprint density at radius 1 is 1.50 bits per heavy atom. The summed E-state index contributed by atoms with van der Waals surface area (Å²) in [5.41, 5.74) is 6.82. The van der Waals surface area contributed by atoms with Crippen molar-refractivity contribution in [1.82, 2.24) is 0 Å². The number of anilines is 1. The van der Waals surface area contributed by atoms with Gasteiger partial charge in [0.05, 0.1) is 18.9 Å². The van der Waals surface area contributed by atoms with Crippen LogP contribution in [0, 0.1) is 0 Å². The number of carbonyl (C=O) groups excluding carboxylic acids is 1. The van der Waals surface area contributed by atoms with Crippen molar-refractivity contribution >= 4 is 28.8 Å². The first-order valence-corrected chi connectivity index (χ1v) is 5.95. The van der Waals surface area contributed by atoms with Crippen LogP contribution in [0.2, 0.25) is 0 Å². The number of para-hydroxylation sites is 1. The number of rotatable bonds is 5. The topological polar surface area (TPSA) is 73.6 Å². The van der Waals surface area contributed by atoms with Crippen molar-refractivity contribution in [2.24, 2.45) is 5.73 Å². The van der Waals surface area contributed by atoms with E-state index in [9.17, 15) is 4.79 Å². The minimum atomic E-state index is -0.231. The average molecular weight is 266 g/mol. The summed E-state index contributed by atoms with van der Waals surface area (Å²) >= 11 is 4.92. The van der Waals surface area contributed by atoms with Crippen molar-refractivity contribution in [2.45, 2.75) is 6.10 Å². The summed E-state index contributed by atoms with van der Waals surface area (Å²) in [4.78, 5) is 11.9. The van der Waals surface area contributed by atoms with Gasteiger partial charge in [-0.1, -0.05) is 24.4 Å². The highest BCUT2D eigenvalue weighted by molar-refractivity contribution is 7.80. The van der Waals surface area contributed by atoms with Crippen LogP contribution in [0.4, 0.5) is 5.69 Å². The molecule has 0 spiro atoms. The fourth-order valence-electron chi connectivity index (χ4n) is 1.50. The smallest absolute Gasteiger partial charge is 0.250 e. The zero-order valence-electron chi connectivity index (χ0n) is 9.72. The Morgan fingerprint density at radius 3 is 2.83 bits per heavy atom. The van der Waals surface area contributed by atoms with Crippen LogP contribution in [0.1, 0.15) is 5.56 Å². The van der Waals surface area contributed by atoms with Gasteiger partial charge in [-0.2, -0.15) is 0 Å². The Hall–Kier alpha value is -1.50. The highest BCUT2D eigenvalue weighted by Gasteiger charge is 2.20. The van der Waals surface area contributed by atoms with E-state index >= 15 is 0 Å². The van der Waals surface area contributed by atoms with Gasteiger partial charge in [0.1, 0.15) is 17.7 Å². The molecule has 6 heteroatoms. The van der Waals surface area contributed by atoms with Crippen molar-refractivity contribution in [3.8, 4) is 0 Å². The van der Waals surface area contributed by atoms with Crippen molar-refractivity contribution in [3.63, 3.8) is 0 Å². The molecule has 1 amide bonds. The summed E-state index contributed by atoms with van der Waals surface area (Å²) in [5, 5.41) is 2.72. The third-order valence-corrected chi connectivity index (χ3v) is 2.74. The van der Waals surface area contributed by atoms with E-state index in [0.717, 1.165) is 0 Å². The van der Waals surface area contributed by atoms with Crippen LogP contribution in [-0.2, 0) is 14.3 Å². The second-order valence-electron chi connectivity index (χ2n) is 3.93. The Bertz CT molecular complexity index is 460. The van der Waals surface area contributed by atoms with E-state index in [1.54, 1.807) is 18.2 Å². The van der Waals surface area contributed by atoms with Crippen molar-refractivity contribution < 1.29 is 14.3 Å². The summed E-state index contributed by atoms with van der Waals surface area (Å²) < 4.78 is 10.3. The number of ether oxygens (including phenoxy) is 2. The van der Waals surface area contributed by atoms with Gasteiger partial charge < -0.3 is 20.5 Å². The maximum absolute atomic E-state index is 11.7. The lowest BCUT2D eigenvalue weighted by Crippen LogP contribution is -2.38. The van der Waals surface area contributed by atoms with Crippen LogP contribution >= 0.6 is 12.2 Å². The molecule has 1 aliphatic heterocycles. The number of benzene rings is 1. The summed E-state index contributed by atoms with van der Waals surface area (Å²) in [6.45, 7) is 1.10. The van der Waals surface area contributed by atoms with Crippen LogP contribution in [0.15, 0.2) is 24.3 Å². The number of nitrogens with one attached hydrogen (secondary N) is 1. The second kappa shape index (κ2) is 5.90. The summed E-state index contributed by atoms with van der Waals surface area (Å²) in [5.74, 6) is -0.231. The molecule has 18 heavy (non-hydrogen) atoms. The molecule has 0 bridgehead atoms. The molecule has 0 unspecified atom stereocenters. The van der Waals surface area contributed by atoms with Crippen LogP contribution in [0.5, 0.6) is 0 Å². The molecular formula is C12H14N2O3S. The standard InChI is InChI=1S/C12H14N2O3S/c13-12(18)9-3-1-2-4-10(9)14-11(15)7-17-8-5-16-6-8/h1-4,8H,5-7H2,(H2,13,18)(H,14,15). The first-order valence-electron chi connectivity index (χ1n) is 5.55. The van der Waals surface area contributed by atoms with Gasteiger partial charge in [-0.3, -0.25) is 4.79 Å². The lowest BCUT2D eigenvalue weighted by atomic mass is 10.2. The predicted octanol–water partition coefficient (Wildman–Crippen LogP) is 0.675. The van der Waals surface area contributed by atoms with E-state index in [1.807, 2.05) is 6.07 Å². The van der Waals surface area contributed by atoms with Gasteiger partial charge in [0.2, 0.25) is 5.91 Å². The number of amides is 1. The van der Waals surface area contributed by atoms with E-state index in [-0.39, 0.29) is 23.6 Å². The number of carbonyl (C=O) groups is 1. The Kier molecular flexibility index (Phi) is 4.24.